The van der Waals surface area contributed by atoms with Crippen LogP contribution in [0.2, 0.25) is 5.02 Å². The van der Waals surface area contributed by atoms with Crippen molar-refractivity contribution >= 4 is 45.0 Å². The van der Waals surface area contributed by atoms with E-state index in [9.17, 15) is 13.2 Å². The van der Waals surface area contributed by atoms with Crippen LogP contribution in [-0.4, -0.2) is 26.6 Å². The molecule has 0 heterocycles. The van der Waals surface area contributed by atoms with Gasteiger partial charge < -0.3 is 5.32 Å². The molecule has 2 N–H and O–H groups in total. The van der Waals surface area contributed by atoms with Crippen molar-refractivity contribution in [3.63, 3.8) is 0 Å². The molecule has 3 rings (SSSR count). The average Bonchev–Trinajstić information content (AvgIpc) is 2.74. The maximum atomic E-state index is 12.4. The van der Waals surface area contributed by atoms with E-state index in [1.165, 1.54) is 35.9 Å². The van der Waals surface area contributed by atoms with Crippen LogP contribution in [0.4, 0.5) is 5.69 Å². The van der Waals surface area contributed by atoms with Crippen LogP contribution < -0.4 is 10.0 Å². The van der Waals surface area contributed by atoms with Gasteiger partial charge in [0.1, 0.15) is 0 Å². The van der Waals surface area contributed by atoms with Crippen molar-refractivity contribution in [1.82, 2.24) is 5.32 Å². The predicted molar refractivity (Wildman–Crippen MR) is 124 cm³/mol. The largest absolute Gasteiger partial charge is 0.351 e. The van der Waals surface area contributed by atoms with E-state index in [1.54, 1.807) is 30.0 Å². The standard InChI is InChI=1S/C22H21ClN2O3S2/c23-21-15-18(25-30(27,28)19-9-5-2-6-10-19)11-12-20(21)22(26)24-13-14-29-16-17-7-3-1-4-8-17/h1-12,15,25H,13-14,16H2,(H,24,26). The Kier molecular flexibility index (Phi) is 7.79. The van der Waals surface area contributed by atoms with E-state index in [0.717, 1.165) is 11.5 Å². The van der Waals surface area contributed by atoms with Crippen molar-refractivity contribution in [3.8, 4) is 0 Å². The Morgan fingerprint density at radius 2 is 1.60 bits per heavy atom. The fraction of sp³-hybridized carbons (Fsp3) is 0.136. The third-order valence-electron chi connectivity index (χ3n) is 4.16. The molecule has 0 atom stereocenters. The number of sulfonamides is 1. The van der Waals surface area contributed by atoms with Crippen LogP contribution in [-0.2, 0) is 15.8 Å². The van der Waals surface area contributed by atoms with Gasteiger partial charge >= 0.3 is 0 Å². The number of hydrogen-bond acceptors (Lipinski definition) is 4. The minimum absolute atomic E-state index is 0.149. The highest BCUT2D eigenvalue weighted by Gasteiger charge is 2.16. The number of anilines is 1. The molecule has 0 saturated carbocycles. The van der Waals surface area contributed by atoms with Crippen molar-refractivity contribution < 1.29 is 13.2 Å². The Hall–Kier alpha value is -2.48. The summed E-state index contributed by atoms with van der Waals surface area (Å²) in [7, 11) is -3.72. The van der Waals surface area contributed by atoms with Crippen LogP contribution in [0.1, 0.15) is 15.9 Å². The van der Waals surface area contributed by atoms with E-state index in [-0.39, 0.29) is 15.8 Å². The lowest BCUT2D eigenvalue weighted by Crippen LogP contribution is -2.26. The van der Waals surface area contributed by atoms with Gasteiger partial charge in [0, 0.05) is 18.1 Å². The van der Waals surface area contributed by atoms with Crippen LogP contribution >= 0.6 is 23.4 Å². The van der Waals surface area contributed by atoms with Gasteiger partial charge in [-0.25, -0.2) is 8.42 Å². The number of benzene rings is 3. The summed E-state index contributed by atoms with van der Waals surface area (Å²) in [6.45, 7) is 0.509. The van der Waals surface area contributed by atoms with Crippen LogP contribution in [0, 0.1) is 0 Å². The predicted octanol–water partition coefficient (Wildman–Crippen LogP) is 4.80. The molecule has 0 aromatic heterocycles. The summed E-state index contributed by atoms with van der Waals surface area (Å²) < 4.78 is 27.3. The molecule has 8 heteroatoms. The number of nitrogens with one attached hydrogen (secondary N) is 2. The lowest BCUT2D eigenvalue weighted by Gasteiger charge is -2.11. The number of amides is 1. The second kappa shape index (κ2) is 10.5. The molecule has 0 fully saturated rings. The number of carbonyl (C=O) groups excluding carboxylic acids is 1. The van der Waals surface area contributed by atoms with Gasteiger partial charge in [-0.15, -0.1) is 0 Å². The smallest absolute Gasteiger partial charge is 0.261 e. The fourth-order valence-electron chi connectivity index (χ4n) is 2.67. The van der Waals surface area contributed by atoms with Gasteiger partial charge in [-0.05, 0) is 35.9 Å². The number of halogens is 1. The lowest BCUT2D eigenvalue weighted by atomic mass is 10.2. The van der Waals surface area contributed by atoms with E-state index in [4.69, 9.17) is 11.6 Å². The Morgan fingerprint density at radius 1 is 0.933 bits per heavy atom. The number of rotatable bonds is 9. The van der Waals surface area contributed by atoms with Crippen LogP contribution in [0.15, 0.2) is 83.8 Å². The summed E-state index contributed by atoms with van der Waals surface area (Å²) in [6.07, 6.45) is 0. The quantitative estimate of drug-likeness (QED) is 0.449. The summed E-state index contributed by atoms with van der Waals surface area (Å²) in [4.78, 5) is 12.5. The first-order valence-electron chi connectivity index (χ1n) is 9.23. The molecule has 0 unspecified atom stereocenters. The van der Waals surface area contributed by atoms with Crippen LogP contribution in [0.3, 0.4) is 0 Å². The summed E-state index contributed by atoms with van der Waals surface area (Å²) >= 11 is 7.95. The SMILES string of the molecule is O=C(NCCSCc1ccccc1)c1ccc(NS(=O)(=O)c2ccccc2)cc1Cl. The van der Waals surface area contributed by atoms with Gasteiger partial charge in [-0.2, -0.15) is 11.8 Å². The zero-order chi connectivity index (χ0) is 21.4. The van der Waals surface area contributed by atoms with Crippen molar-refractivity contribution in [1.29, 1.82) is 0 Å². The van der Waals surface area contributed by atoms with E-state index in [2.05, 4.69) is 22.2 Å². The van der Waals surface area contributed by atoms with Gasteiger partial charge in [-0.1, -0.05) is 60.1 Å². The summed E-state index contributed by atoms with van der Waals surface area (Å²) in [5.41, 5.74) is 1.83. The molecule has 0 radical (unpaired) electrons. The Bertz CT molecular complexity index is 1090. The van der Waals surface area contributed by atoms with Crippen molar-refractivity contribution in [2.45, 2.75) is 10.6 Å². The molecule has 0 aliphatic rings. The maximum absolute atomic E-state index is 12.4. The molecular weight excluding hydrogens is 440 g/mol. The topological polar surface area (TPSA) is 75.3 Å². The Balaban J connectivity index is 1.52. The molecular formula is C22H21ClN2O3S2. The third-order valence-corrected chi connectivity index (χ3v) is 6.90. The summed E-state index contributed by atoms with van der Waals surface area (Å²) in [5.74, 6) is 1.36. The first kappa shape index (κ1) is 22.2. The monoisotopic (exact) mass is 460 g/mol. The minimum atomic E-state index is -3.72. The van der Waals surface area contributed by atoms with Gasteiger partial charge in [0.2, 0.25) is 0 Å². The second-order valence-corrected chi connectivity index (χ2v) is 9.60. The van der Waals surface area contributed by atoms with Gasteiger partial charge in [-0.3, -0.25) is 9.52 Å². The average molecular weight is 461 g/mol. The molecule has 0 bridgehead atoms. The molecule has 156 valence electrons. The third kappa shape index (κ3) is 6.26. The van der Waals surface area contributed by atoms with E-state index < -0.39 is 10.0 Å². The van der Waals surface area contributed by atoms with E-state index in [1.807, 2.05) is 18.2 Å². The zero-order valence-electron chi connectivity index (χ0n) is 16.0. The number of hydrogen-bond donors (Lipinski definition) is 2. The van der Waals surface area contributed by atoms with Gasteiger partial charge in [0.05, 0.1) is 21.2 Å². The molecule has 0 aliphatic heterocycles. The molecule has 3 aromatic rings. The minimum Gasteiger partial charge on any atom is -0.351 e. The molecule has 5 nitrogen and oxygen atoms in total. The zero-order valence-corrected chi connectivity index (χ0v) is 18.4. The molecule has 1 amide bonds. The van der Waals surface area contributed by atoms with Crippen molar-refractivity contribution in [3.05, 3.63) is 95.0 Å². The molecule has 0 saturated heterocycles. The molecule has 30 heavy (non-hydrogen) atoms. The molecule has 0 spiro atoms. The van der Waals surface area contributed by atoms with Crippen LogP contribution in [0.5, 0.6) is 0 Å². The lowest BCUT2D eigenvalue weighted by molar-refractivity contribution is 0.0956. The fourth-order valence-corrected chi connectivity index (χ4v) is 4.83. The highest BCUT2D eigenvalue weighted by molar-refractivity contribution is 7.98. The molecule has 3 aromatic carbocycles. The van der Waals surface area contributed by atoms with Gasteiger partial charge in [0.25, 0.3) is 15.9 Å². The Labute approximate surface area is 185 Å². The van der Waals surface area contributed by atoms with Gasteiger partial charge in [0.15, 0.2) is 0 Å². The normalized spacial score (nSPS) is 11.1. The maximum Gasteiger partial charge on any atom is 0.261 e. The summed E-state index contributed by atoms with van der Waals surface area (Å²) in [6, 6.07) is 22.6. The highest BCUT2D eigenvalue weighted by Crippen LogP contribution is 2.23. The number of carbonyl (C=O) groups is 1. The van der Waals surface area contributed by atoms with E-state index >= 15 is 0 Å². The second-order valence-electron chi connectivity index (χ2n) is 6.41. The van der Waals surface area contributed by atoms with E-state index in [0.29, 0.717) is 17.8 Å². The van der Waals surface area contributed by atoms with Crippen molar-refractivity contribution in [2.75, 3.05) is 17.0 Å². The first-order chi connectivity index (χ1) is 14.5. The molecule has 0 aliphatic carbocycles. The number of thioether (sulfide) groups is 1. The highest BCUT2D eigenvalue weighted by atomic mass is 35.5. The summed E-state index contributed by atoms with van der Waals surface area (Å²) in [5, 5.41) is 3.02. The Morgan fingerprint density at radius 3 is 2.27 bits per heavy atom. The van der Waals surface area contributed by atoms with Crippen molar-refractivity contribution in [2.24, 2.45) is 0 Å². The first-order valence-corrected chi connectivity index (χ1v) is 12.2. The van der Waals surface area contributed by atoms with Crippen LogP contribution in [0.25, 0.3) is 0 Å².